The van der Waals surface area contributed by atoms with Gasteiger partial charge in [-0.05, 0) is 37.3 Å². The fraction of sp³-hybridized carbons (Fsp3) is 0.632. The molecule has 0 amide bonds. The van der Waals surface area contributed by atoms with Crippen molar-refractivity contribution in [1.29, 1.82) is 0 Å². The first-order valence-corrected chi connectivity index (χ1v) is 8.38. The van der Waals surface area contributed by atoms with Gasteiger partial charge in [-0.3, -0.25) is 0 Å². The lowest BCUT2D eigenvalue weighted by atomic mass is 9.74. The van der Waals surface area contributed by atoms with Crippen molar-refractivity contribution < 1.29 is 18.4 Å². The zero-order chi connectivity index (χ0) is 17.2. The van der Waals surface area contributed by atoms with Crippen molar-refractivity contribution in [2.24, 2.45) is 17.8 Å². The third-order valence-corrected chi connectivity index (χ3v) is 4.93. The van der Waals surface area contributed by atoms with E-state index < -0.39 is 5.97 Å². The maximum absolute atomic E-state index is 11.5. The van der Waals surface area contributed by atoms with Crippen molar-refractivity contribution >= 4 is 5.97 Å². The summed E-state index contributed by atoms with van der Waals surface area (Å²) >= 11 is 0. The van der Waals surface area contributed by atoms with Crippen LogP contribution in [0.2, 0.25) is 0 Å². The first kappa shape index (κ1) is 17.8. The highest BCUT2D eigenvalue weighted by molar-refractivity contribution is 5.86. The van der Waals surface area contributed by atoms with E-state index in [0.29, 0.717) is 17.8 Å². The van der Waals surface area contributed by atoms with Crippen LogP contribution in [0, 0.1) is 17.8 Å². The van der Waals surface area contributed by atoms with Gasteiger partial charge in [-0.2, -0.15) is 0 Å². The molecule has 23 heavy (non-hydrogen) atoms. The average Bonchev–Trinajstić information content (AvgIpc) is 2.89. The highest BCUT2D eigenvalue weighted by Crippen LogP contribution is 2.35. The molecule has 4 heteroatoms. The number of carbonyl (C=O) groups excluding carboxylic acids is 1. The summed E-state index contributed by atoms with van der Waals surface area (Å²) < 4.78 is 11.2. The Labute approximate surface area is 139 Å². The van der Waals surface area contributed by atoms with E-state index in [1.807, 2.05) is 6.07 Å². The predicted octanol–water partition coefficient (Wildman–Crippen LogP) is 3.88. The zero-order valence-electron chi connectivity index (χ0n) is 15.3. The molecule has 0 saturated heterocycles. The number of hydrogen-bond acceptors (Lipinski definition) is 3. The van der Waals surface area contributed by atoms with E-state index in [1.54, 1.807) is 6.07 Å². The van der Waals surface area contributed by atoms with Gasteiger partial charge in [-0.25, -0.2) is 4.79 Å². The maximum atomic E-state index is 11.5. The molecule has 128 valence electrons. The van der Waals surface area contributed by atoms with Gasteiger partial charge in [-0.1, -0.05) is 25.5 Å². The molecule has 3 atom stereocenters. The minimum atomic E-state index is -0.420. The number of methoxy groups -OCH3 is 1. The molecule has 0 aliphatic heterocycles. The quantitative estimate of drug-likeness (QED) is 0.469. The van der Waals surface area contributed by atoms with Gasteiger partial charge in [0.05, 0.1) is 27.7 Å². The number of nitrogens with zero attached hydrogens (tertiary/aromatic N) is 1. The fourth-order valence-electron chi connectivity index (χ4n) is 3.89. The topological polar surface area (TPSA) is 39.4 Å². The number of quaternary nitrogens is 1. The van der Waals surface area contributed by atoms with Crippen molar-refractivity contribution in [1.82, 2.24) is 0 Å². The van der Waals surface area contributed by atoms with Gasteiger partial charge in [0.25, 0.3) is 0 Å². The maximum Gasteiger partial charge on any atom is 0.373 e. The number of hydrogen-bond donors (Lipinski definition) is 0. The van der Waals surface area contributed by atoms with E-state index in [9.17, 15) is 4.79 Å². The van der Waals surface area contributed by atoms with E-state index in [2.05, 4.69) is 40.9 Å². The lowest BCUT2D eigenvalue weighted by Crippen LogP contribution is -2.46. The predicted molar refractivity (Wildman–Crippen MR) is 90.9 cm³/mol. The number of rotatable bonds is 5. The summed E-state index contributed by atoms with van der Waals surface area (Å²) in [6.45, 7) is 8.79. The van der Waals surface area contributed by atoms with Crippen molar-refractivity contribution in [3.8, 4) is 0 Å². The van der Waals surface area contributed by atoms with Crippen molar-refractivity contribution in [2.75, 3.05) is 27.7 Å². The van der Waals surface area contributed by atoms with Gasteiger partial charge in [-0.15, -0.1) is 0 Å². The van der Waals surface area contributed by atoms with Crippen LogP contribution in [0.3, 0.4) is 0 Å². The molecule has 1 heterocycles. The largest absolute Gasteiger partial charge is 0.463 e. The van der Waals surface area contributed by atoms with Crippen molar-refractivity contribution in [2.45, 2.75) is 33.7 Å². The second-order valence-electron chi connectivity index (χ2n) is 7.75. The summed E-state index contributed by atoms with van der Waals surface area (Å²) in [5.41, 5.74) is 1.51. The number of esters is 1. The Morgan fingerprint density at radius 2 is 2.04 bits per heavy atom. The summed E-state index contributed by atoms with van der Waals surface area (Å²) in [7, 11) is 5.82. The SMILES string of the molecule is COC(=O)c1ccc(C[N+](C)(C)CC2C(C)C=C(C)CC2C)o1. The third kappa shape index (κ3) is 4.47. The number of ether oxygens (including phenoxy) is 1. The van der Waals surface area contributed by atoms with Crippen LogP contribution in [-0.4, -0.2) is 38.2 Å². The normalized spacial score (nSPS) is 25.1. The Bertz CT molecular complexity index is 585. The lowest BCUT2D eigenvalue weighted by Gasteiger charge is -2.39. The van der Waals surface area contributed by atoms with Crippen LogP contribution in [0.25, 0.3) is 0 Å². The van der Waals surface area contributed by atoms with Crippen LogP contribution in [0.4, 0.5) is 0 Å². The Kier molecular flexibility index (Phi) is 5.35. The minimum absolute atomic E-state index is 0.278. The summed E-state index contributed by atoms with van der Waals surface area (Å²) in [6.07, 6.45) is 3.62. The average molecular weight is 320 g/mol. The summed E-state index contributed by atoms with van der Waals surface area (Å²) in [4.78, 5) is 11.5. The molecule has 2 rings (SSSR count). The molecule has 0 bridgehead atoms. The van der Waals surface area contributed by atoms with Gasteiger partial charge in [0.1, 0.15) is 6.54 Å². The zero-order valence-corrected chi connectivity index (χ0v) is 15.3. The molecule has 0 radical (unpaired) electrons. The molecule has 0 spiro atoms. The molecule has 0 saturated carbocycles. The Hall–Kier alpha value is -1.55. The molecule has 0 N–H and O–H groups in total. The number of furan rings is 1. The number of allylic oxidation sites excluding steroid dienone is 2. The second kappa shape index (κ2) is 6.91. The van der Waals surface area contributed by atoms with Gasteiger partial charge in [0.15, 0.2) is 5.76 Å². The van der Waals surface area contributed by atoms with Crippen LogP contribution in [-0.2, 0) is 11.3 Å². The highest BCUT2D eigenvalue weighted by Gasteiger charge is 2.33. The fourth-order valence-corrected chi connectivity index (χ4v) is 3.89. The molecule has 1 aromatic rings. The molecule has 1 aliphatic rings. The molecule has 3 unspecified atom stereocenters. The van der Waals surface area contributed by atoms with E-state index in [1.165, 1.54) is 19.1 Å². The van der Waals surface area contributed by atoms with Gasteiger partial charge < -0.3 is 13.6 Å². The molecule has 0 aromatic carbocycles. The number of carbonyl (C=O) groups is 1. The smallest absolute Gasteiger partial charge is 0.373 e. The summed E-state index contributed by atoms with van der Waals surface area (Å²) in [5.74, 6) is 2.67. The van der Waals surface area contributed by atoms with E-state index in [0.717, 1.165) is 23.3 Å². The monoisotopic (exact) mass is 320 g/mol. The third-order valence-electron chi connectivity index (χ3n) is 4.93. The lowest BCUT2D eigenvalue weighted by molar-refractivity contribution is -0.908. The van der Waals surface area contributed by atoms with E-state index in [-0.39, 0.29) is 5.76 Å². The van der Waals surface area contributed by atoms with Gasteiger partial charge >= 0.3 is 5.97 Å². The van der Waals surface area contributed by atoms with E-state index >= 15 is 0 Å². The molecular formula is C19H30NO3+. The second-order valence-corrected chi connectivity index (χ2v) is 7.75. The van der Waals surface area contributed by atoms with E-state index in [4.69, 9.17) is 9.15 Å². The minimum Gasteiger partial charge on any atom is -0.463 e. The Morgan fingerprint density at radius 3 is 2.65 bits per heavy atom. The van der Waals surface area contributed by atoms with Crippen molar-refractivity contribution in [3.63, 3.8) is 0 Å². The molecule has 1 aromatic heterocycles. The molecule has 0 fully saturated rings. The van der Waals surface area contributed by atoms with Crippen LogP contribution in [0.15, 0.2) is 28.2 Å². The Morgan fingerprint density at radius 1 is 1.35 bits per heavy atom. The first-order chi connectivity index (χ1) is 10.7. The Balaban J connectivity index is 2.04. The first-order valence-electron chi connectivity index (χ1n) is 8.38. The standard InChI is InChI=1S/C19H30NO3/c1-13-9-14(2)17(15(3)10-13)12-20(4,5)11-16-7-8-18(23-16)19(21)22-6/h7-9,14-15,17H,10-12H2,1-6H3/q+1. The van der Waals surface area contributed by atoms with Gasteiger partial charge in [0, 0.05) is 5.92 Å². The van der Waals surface area contributed by atoms with Gasteiger partial charge in [0.2, 0.25) is 5.76 Å². The summed E-state index contributed by atoms with van der Waals surface area (Å²) in [6, 6.07) is 3.57. The van der Waals surface area contributed by atoms with Crippen LogP contribution >= 0.6 is 0 Å². The van der Waals surface area contributed by atoms with Crippen LogP contribution < -0.4 is 0 Å². The van der Waals surface area contributed by atoms with Crippen LogP contribution in [0.1, 0.15) is 43.5 Å². The van der Waals surface area contributed by atoms with Crippen LogP contribution in [0.5, 0.6) is 0 Å². The van der Waals surface area contributed by atoms with Crippen molar-refractivity contribution in [3.05, 3.63) is 35.3 Å². The highest BCUT2D eigenvalue weighted by atomic mass is 16.5. The summed E-state index contributed by atoms with van der Waals surface area (Å²) in [5, 5.41) is 0. The molecular weight excluding hydrogens is 290 g/mol. The molecule has 1 aliphatic carbocycles. The molecule has 4 nitrogen and oxygen atoms in total.